The molecule has 1 atom stereocenters. The predicted molar refractivity (Wildman–Crippen MR) is 70.8 cm³/mol. The molecular formula is C12H17ClN4O. The highest BCUT2D eigenvalue weighted by molar-refractivity contribution is 6.30. The van der Waals surface area contributed by atoms with Crippen LogP contribution in [-0.4, -0.2) is 36.0 Å². The fourth-order valence-electron chi connectivity index (χ4n) is 2.37. The lowest BCUT2D eigenvalue weighted by atomic mass is 9.89. The number of anilines is 1. The Kier molecular flexibility index (Phi) is 3.43. The molecule has 0 spiro atoms. The van der Waals surface area contributed by atoms with Gasteiger partial charge in [0.15, 0.2) is 0 Å². The molecule has 1 aliphatic heterocycles. The van der Waals surface area contributed by atoms with Crippen molar-refractivity contribution in [1.29, 1.82) is 0 Å². The lowest BCUT2D eigenvalue weighted by Crippen LogP contribution is -2.39. The minimum absolute atomic E-state index is 0.0720. The van der Waals surface area contributed by atoms with E-state index in [9.17, 15) is 4.79 Å². The van der Waals surface area contributed by atoms with Gasteiger partial charge in [0.1, 0.15) is 17.3 Å². The molecule has 0 aliphatic carbocycles. The Labute approximate surface area is 112 Å². The molecule has 2 rings (SSSR count). The van der Waals surface area contributed by atoms with Crippen LogP contribution < -0.4 is 10.2 Å². The van der Waals surface area contributed by atoms with Crippen LogP contribution in [0.2, 0.25) is 5.15 Å². The third kappa shape index (κ3) is 2.14. The van der Waals surface area contributed by atoms with Crippen molar-refractivity contribution in [3.8, 4) is 0 Å². The van der Waals surface area contributed by atoms with E-state index in [4.69, 9.17) is 11.6 Å². The van der Waals surface area contributed by atoms with Crippen LogP contribution in [-0.2, 0) is 4.79 Å². The van der Waals surface area contributed by atoms with Gasteiger partial charge in [-0.1, -0.05) is 11.6 Å². The molecule has 0 bridgehead atoms. The predicted octanol–water partition coefficient (Wildman–Crippen LogP) is 1.40. The van der Waals surface area contributed by atoms with Gasteiger partial charge in [-0.3, -0.25) is 4.79 Å². The van der Waals surface area contributed by atoms with Crippen molar-refractivity contribution < 1.29 is 4.79 Å². The van der Waals surface area contributed by atoms with E-state index < -0.39 is 0 Å². The molecule has 5 nitrogen and oxygen atoms in total. The summed E-state index contributed by atoms with van der Waals surface area (Å²) < 4.78 is 0. The summed E-state index contributed by atoms with van der Waals surface area (Å²) in [6.07, 6.45) is 2.27. The van der Waals surface area contributed by atoms with Crippen LogP contribution in [0.25, 0.3) is 0 Å². The monoisotopic (exact) mass is 268 g/mol. The minimum Gasteiger partial charge on any atom is -0.359 e. The lowest BCUT2D eigenvalue weighted by Gasteiger charge is -2.24. The first kappa shape index (κ1) is 13.1. The fraction of sp³-hybridized carbons (Fsp3) is 0.583. The van der Waals surface area contributed by atoms with Gasteiger partial charge >= 0.3 is 0 Å². The van der Waals surface area contributed by atoms with E-state index in [1.165, 1.54) is 6.33 Å². The molecule has 1 aliphatic rings. The van der Waals surface area contributed by atoms with Crippen LogP contribution in [0.1, 0.15) is 18.9 Å². The molecule has 0 saturated carbocycles. The van der Waals surface area contributed by atoms with Crippen molar-refractivity contribution in [2.24, 2.45) is 5.41 Å². The van der Waals surface area contributed by atoms with Crippen LogP contribution >= 0.6 is 11.6 Å². The Bertz CT molecular complexity index is 479. The number of halogens is 1. The van der Waals surface area contributed by atoms with Crippen LogP contribution in [0.3, 0.4) is 0 Å². The van der Waals surface area contributed by atoms with Crippen LogP contribution in [0, 0.1) is 12.3 Å². The normalized spacial score (nSPS) is 23.2. The number of carbonyl (C=O) groups is 1. The molecule has 1 unspecified atom stereocenters. The molecule has 6 heteroatoms. The highest BCUT2D eigenvalue weighted by Crippen LogP contribution is 2.34. The quantitative estimate of drug-likeness (QED) is 0.824. The molecule has 1 aromatic heterocycles. The Morgan fingerprint density at radius 2 is 2.28 bits per heavy atom. The summed E-state index contributed by atoms with van der Waals surface area (Å²) in [6.45, 7) is 5.33. The summed E-state index contributed by atoms with van der Waals surface area (Å²) in [5.41, 5.74) is 0.499. The number of nitrogens with one attached hydrogen (secondary N) is 1. The third-order valence-corrected chi connectivity index (χ3v) is 3.93. The smallest absolute Gasteiger partial charge is 0.227 e. The van der Waals surface area contributed by atoms with Crippen molar-refractivity contribution >= 4 is 23.3 Å². The maximum Gasteiger partial charge on any atom is 0.227 e. The Morgan fingerprint density at radius 1 is 1.56 bits per heavy atom. The first-order chi connectivity index (χ1) is 8.48. The first-order valence-electron chi connectivity index (χ1n) is 5.92. The number of nitrogens with zero attached hydrogens (tertiary/aromatic N) is 3. The second-order valence-electron chi connectivity index (χ2n) is 4.92. The Morgan fingerprint density at radius 3 is 2.94 bits per heavy atom. The van der Waals surface area contributed by atoms with Gasteiger partial charge in [-0.25, -0.2) is 9.97 Å². The van der Waals surface area contributed by atoms with Gasteiger partial charge in [-0.15, -0.1) is 0 Å². The van der Waals surface area contributed by atoms with E-state index in [1.54, 1.807) is 7.05 Å². The first-order valence-corrected chi connectivity index (χ1v) is 6.30. The van der Waals surface area contributed by atoms with Crippen LogP contribution in [0.5, 0.6) is 0 Å². The number of hydrogen-bond acceptors (Lipinski definition) is 4. The topological polar surface area (TPSA) is 58.1 Å². The highest BCUT2D eigenvalue weighted by Gasteiger charge is 2.40. The average Bonchev–Trinajstić information content (AvgIpc) is 2.75. The number of aromatic nitrogens is 2. The van der Waals surface area contributed by atoms with Gasteiger partial charge in [0, 0.05) is 25.7 Å². The minimum atomic E-state index is -0.362. The van der Waals surface area contributed by atoms with Gasteiger partial charge in [0.25, 0.3) is 0 Å². The second kappa shape index (κ2) is 4.72. The van der Waals surface area contributed by atoms with Crippen LogP contribution in [0.4, 0.5) is 5.82 Å². The third-order valence-electron chi connectivity index (χ3n) is 3.54. The van der Waals surface area contributed by atoms with Gasteiger partial charge in [0.2, 0.25) is 5.91 Å². The van der Waals surface area contributed by atoms with E-state index in [1.807, 2.05) is 13.8 Å². The van der Waals surface area contributed by atoms with E-state index in [-0.39, 0.29) is 11.3 Å². The molecule has 98 valence electrons. The molecule has 1 aromatic rings. The van der Waals surface area contributed by atoms with Crippen molar-refractivity contribution in [3.63, 3.8) is 0 Å². The lowest BCUT2D eigenvalue weighted by molar-refractivity contribution is -0.128. The highest BCUT2D eigenvalue weighted by atomic mass is 35.5. The van der Waals surface area contributed by atoms with E-state index in [2.05, 4.69) is 20.2 Å². The zero-order chi connectivity index (χ0) is 13.3. The van der Waals surface area contributed by atoms with Crippen molar-refractivity contribution in [2.75, 3.05) is 25.0 Å². The Hall–Kier alpha value is -1.36. The SMILES string of the molecule is CNC(=O)C1(C)CCN(c2ncnc(Cl)c2C)C1. The van der Waals surface area contributed by atoms with Gasteiger partial charge in [0.05, 0.1) is 5.41 Å². The van der Waals surface area contributed by atoms with Gasteiger partial charge in [-0.05, 0) is 20.3 Å². The molecule has 0 radical (unpaired) electrons. The number of carbonyl (C=O) groups excluding carboxylic acids is 1. The summed E-state index contributed by atoms with van der Waals surface area (Å²) in [4.78, 5) is 22.2. The molecule has 0 aromatic carbocycles. The summed E-state index contributed by atoms with van der Waals surface area (Å²) >= 11 is 6.00. The zero-order valence-corrected chi connectivity index (χ0v) is 11.6. The van der Waals surface area contributed by atoms with Gasteiger partial charge < -0.3 is 10.2 Å². The second-order valence-corrected chi connectivity index (χ2v) is 5.28. The molecule has 1 amide bonds. The average molecular weight is 269 g/mol. The number of hydrogen-bond donors (Lipinski definition) is 1. The standard InChI is InChI=1S/C12H17ClN4O/c1-8-9(13)15-7-16-10(8)17-5-4-12(2,6-17)11(18)14-3/h7H,4-6H2,1-3H3,(H,14,18). The molecule has 1 N–H and O–H groups in total. The molecule has 18 heavy (non-hydrogen) atoms. The number of rotatable bonds is 2. The summed E-state index contributed by atoms with van der Waals surface area (Å²) in [6, 6.07) is 0. The molecule has 1 saturated heterocycles. The fourth-order valence-corrected chi connectivity index (χ4v) is 2.50. The van der Waals surface area contributed by atoms with Crippen LogP contribution in [0.15, 0.2) is 6.33 Å². The number of amides is 1. The van der Waals surface area contributed by atoms with E-state index in [0.717, 1.165) is 24.3 Å². The summed E-state index contributed by atoms with van der Waals surface area (Å²) in [5.74, 6) is 0.894. The summed E-state index contributed by atoms with van der Waals surface area (Å²) in [7, 11) is 1.67. The molecule has 1 fully saturated rings. The zero-order valence-electron chi connectivity index (χ0n) is 10.8. The maximum atomic E-state index is 11.9. The largest absolute Gasteiger partial charge is 0.359 e. The van der Waals surface area contributed by atoms with Crippen molar-refractivity contribution in [3.05, 3.63) is 17.0 Å². The Balaban J connectivity index is 2.23. The van der Waals surface area contributed by atoms with Crippen molar-refractivity contribution in [2.45, 2.75) is 20.3 Å². The van der Waals surface area contributed by atoms with Gasteiger partial charge in [-0.2, -0.15) is 0 Å². The van der Waals surface area contributed by atoms with E-state index >= 15 is 0 Å². The van der Waals surface area contributed by atoms with Crippen molar-refractivity contribution in [1.82, 2.24) is 15.3 Å². The van der Waals surface area contributed by atoms with E-state index in [0.29, 0.717) is 11.7 Å². The molecular weight excluding hydrogens is 252 g/mol. The maximum absolute atomic E-state index is 11.9. The molecule has 2 heterocycles. The summed E-state index contributed by atoms with van der Waals surface area (Å²) in [5, 5.41) is 3.19.